The third kappa shape index (κ3) is 2.94. The Morgan fingerprint density at radius 2 is 1.93 bits per heavy atom. The van der Waals surface area contributed by atoms with E-state index in [9.17, 15) is 0 Å². The molecule has 2 aliphatic rings. The monoisotopic (exact) mass is 210 g/mol. The molecule has 1 heterocycles. The lowest BCUT2D eigenvalue weighted by molar-refractivity contribution is 0.262. The molecule has 0 spiro atoms. The second kappa shape index (κ2) is 4.84. The van der Waals surface area contributed by atoms with E-state index < -0.39 is 0 Å². The molecule has 2 heteroatoms. The first kappa shape index (κ1) is 11.4. The number of hydrogen-bond acceptors (Lipinski definition) is 2. The summed E-state index contributed by atoms with van der Waals surface area (Å²) < 4.78 is 0. The SMILES string of the molecule is CNC(CN1CCC(C(C)C)C1)C1CC1. The van der Waals surface area contributed by atoms with Crippen molar-refractivity contribution in [2.75, 3.05) is 26.7 Å². The Morgan fingerprint density at radius 1 is 1.20 bits per heavy atom. The van der Waals surface area contributed by atoms with Gasteiger partial charge in [-0.1, -0.05) is 13.8 Å². The lowest BCUT2D eigenvalue weighted by atomic mass is 9.95. The molecule has 0 aromatic heterocycles. The van der Waals surface area contributed by atoms with Gasteiger partial charge >= 0.3 is 0 Å². The van der Waals surface area contributed by atoms with Gasteiger partial charge in [-0.15, -0.1) is 0 Å². The van der Waals surface area contributed by atoms with Crippen molar-refractivity contribution in [3.05, 3.63) is 0 Å². The summed E-state index contributed by atoms with van der Waals surface area (Å²) in [6, 6.07) is 0.760. The largest absolute Gasteiger partial charge is 0.315 e. The first-order valence-corrected chi connectivity index (χ1v) is 6.60. The Morgan fingerprint density at radius 3 is 2.40 bits per heavy atom. The molecule has 1 aliphatic carbocycles. The van der Waals surface area contributed by atoms with Crippen LogP contribution in [0.4, 0.5) is 0 Å². The van der Waals surface area contributed by atoms with Gasteiger partial charge in [0.25, 0.3) is 0 Å². The van der Waals surface area contributed by atoms with E-state index in [4.69, 9.17) is 0 Å². The van der Waals surface area contributed by atoms with Gasteiger partial charge in [-0.3, -0.25) is 0 Å². The molecule has 2 nitrogen and oxygen atoms in total. The molecule has 88 valence electrons. The van der Waals surface area contributed by atoms with E-state index in [0.29, 0.717) is 0 Å². The van der Waals surface area contributed by atoms with Crippen molar-refractivity contribution in [3.63, 3.8) is 0 Å². The summed E-state index contributed by atoms with van der Waals surface area (Å²) in [5.41, 5.74) is 0. The molecule has 0 aromatic rings. The zero-order valence-electron chi connectivity index (χ0n) is 10.5. The van der Waals surface area contributed by atoms with E-state index in [1.807, 2.05) is 0 Å². The highest BCUT2D eigenvalue weighted by atomic mass is 15.2. The Kier molecular flexibility index (Phi) is 3.68. The first-order valence-electron chi connectivity index (χ1n) is 6.60. The van der Waals surface area contributed by atoms with Crippen molar-refractivity contribution in [3.8, 4) is 0 Å². The highest BCUT2D eigenvalue weighted by Crippen LogP contribution is 2.33. The van der Waals surface area contributed by atoms with Gasteiger partial charge < -0.3 is 10.2 Å². The second-order valence-corrected chi connectivity index (χ2v) is 5.78. The van der Waals surface area contributed by atoms with Crippen LogP contribution in [0, 0.1) is 17.8 Å². The van der Waals surface area contributed by atoms with Crippen LogP contribution in [0.2, 0.25) is 0 Å². The molecule has 2 rings (SSSR count). The topological polar surface area (TPSA) is 15.3 Å². The number of likely N-dealkylation sites (tertiary alicyclic amines) is 1. The van der Waals surface area contributed by atoms with Crippen molar-refractivity contribution < 1.29 is 0 Å². The smallest absolute Gasteiger partial charge is 0.0220 e. The zero-order chi connectivity index (χ0) is 10.8. The standard InChI is InChI=1S/C13H26N2/c1-10(2)12-6-7-15(8-12)9-13(14-3)11-4-5-11/h10-14H,4-9H2,1-3H3. The average Bonchev–Trinajstić information content (AvgIpc) is 2.94. The maximum Gasteiger partial charge on any atom is 0.0220 e. The van der Waals surface area contributed by atoms with Crippen molar-refractivity contribution in [2.45, 2.75) is 39.2 Å². The second-order valence-electron chi connectivity index (χ2n) is 5.78. The van der Waals surface area contributed by atoms with Gasteiger partial charge in [-0.25, -0.2) is 0 Å². The Hall–Kier alpha value is -0.0800. The lowest BCUT2D eigenvalue weighted by Crippen LogP contribution is -2.40. The number of nitrogens with one attached hydrogen (secondary N) is 1. The van der Waals surface area contributed by atoms with E-state index in [0.717, 1.165) is 23.8 Å². The van der Waals surface area contributed by atoms with Crippen molar-refractivity contribution in [1.82, 2.24) is 10.2 Å². The average molecular weight is 210 g/mol. The van der Waals surface area contributed by atoms with Crippen molar-refractivity contribution in [2.24, 2.45) is 17.8 Å². The van der Waals surface area contributed by atoms with Gasteiger partial charge in [0.15, 0.2) is 0 Å². The Balaban J connectivity index is 1.75. The fourth-order valence-electron chi connectivity index (χ4n) is 2.83. The van der Waals surface area contributed by atoms with Crippen LogP contribution in [0.25, 0.3) is 0 Å². The lowest BCUT2D eigenvalue weighted by Gasteiger charge is -2.24. The third-order valence-electron chi connectivity index (χ3n) is 4.27. The summed E-state index contributed by atoms with van der Waals surface area (Å²) >= 11 is 0. The predicted molar refractivity (Wildman–Crippen MR) is 65.0 cm³/mol. The van der Waals surface area contributed by atoms with Gasteiger partial charge in [0.05, 0.1) is 0 Å². The van der Waals surface area contributed by atoms with Crippen LogP contribution in [0.15, 0.2) is 0 Å². The van der Waals surface area contributed by atoms with Gasteiger partial charge in [-0.05, 0) is 50.6 Å². The number of nitrogens with zero attached hydrogens (tertiary/aromatic N) is 1. The normalized spacial score (nSPS) is 30.0. The van der Waals surface area contributed by atoms with Crippen LogP contribution < -0.4 is 5.32 Å². The fraction of sp³-hybridized carbons (Fsp3) is 1.00. The molecule has 2 atom stereocenters. The molecule has 0 amide bonds. The summed E-state index contributed by atoms with van der Waals surface area (Å²) in [5.74, 6) is 2.79. The van der Waals surface area contributed by atoms with Crippen LogP contribution >= 0.6 is 0 Å². The maximum atomic E-state index is 3.49. The molecule has 0 radical (unpaired) electrons. The molecule has 2 unspecified atom stereocenters. The molecule has 2 fully saturated rings. The van der Waals surface area contributed by atoms with Gasteiger partial charge in [0.1, 0.15) is 0 Å². The van der Waals surface area contributed by atoms with Crippen molar-refractivity contribution >= 4 is 0 Å². The van der Waals surface area contributed by atoms with Gasteiger partial charge in [0, 0.05) is 19.1 Å². The minimum absolute atomic E-state index is 0.760. The molecule has 1 aliphatic heterocycles. The van der Waals surface area contributed by atoms with Crippen LogP contribution in [0.3, 0.4) is 0 Å². The van der Waals surface area contributed by atoms with Crippen LogP contribution in [-0.4, -0.2) is 37.6 Å². The third-order valence-corrected chi connectivity index (χ3v) is 4.27. The first-order chi connectivity index (χ1) is 7.20. The molecule has 1 saturated carbocycles. The molecular weight excluding hydrogens is 184 g/mol. The number of likely N-dealkylation sites (N-methyl/N-ethyl adjacent to an activating group) is 1. The maximum absolute atomic E-state index is 3.49. The summed E-state index contributed by atoms with van der Waals surface area (Å²) in [4.78, 5) is 2.67. The van der Waals surface area contributed by atoms with Crippen LogP contribution in [-0.2, 0) is 0 Å². The number of hydrogen-bond donors (Lipinski definition) is 1. The van der Waals surface area contributed by atoms with Gasteiger partial charge in [-0.2, -0.15) is 0 Å². The summed E-state index contributed by atoms with van der Waals surface area (Å²) in [5, 5.41) is 3.49. The minimum atomic E-state index is 0.760. The molecule has 15 heavy (non-hydrogen) atoms. The summed E-state index contributed by atoms with van der Waals surface area (Å²) in [7, 11) is 2.12. The highest BCUT2D eigenvalue weighted by molar-refractivity contribution is 4.89. The molecular formula is C13H26N2. The van der Waals surface area contributed by atoms with E-state index in [1.165, 1.54) is 38.9 Å². The van der Waals surface area contributed by atoms with E-state index >= 15 is 0 Å². The van der Waals surface area contributed by atoms with Crippen molar-refractivity contribution in [1.29, 1.82) is 0 Å². The van der Waals surface area contributed by atoms with E-state index in [1.54, 1.807) is 0 Å². The Labute approximate surface area is 94.4 Å². The van der Waals surface area contributed by atoms with Crippen LogP contribution in [0.1, 0.15) is 33.1 Å². The quantitative estimate of drug-likeness (QED) is 0.746. The number of rotatable bonds is 5. The molecule has 1 N–H and O–H groups in total. The summed E-state index contributed by atoms with van der Waals surface area (Å²) in [6.45, 7) is 8.68. The molecule has 0 bridgehead atoms. The molecule has 1 saturated heterocycles. The Bertz CT molecular complexity index is 199. The zero-order valence-corrected chi connectivity index (χ0v) is 10.5. The van der Waals surface area contributed by atoms with Gasteiger partial charge in [0.2, 0.25) is 0 Å². The summed E-state index contributed by atoms with van der Waals surface area (Å²) in [6.07, 6.45) is 4.32. The van der Waals surface area contributed by atoms with Crippen LogP contribution in [0.5, 0.6) is 0 Å². The fourth-order valence-corrected chi connectivity index (χ4v) is 2.83. The minimum Gasteiger partial charge on any atom is -0.315 e. The van der Waals surface area contributed by atoms with E-state index in [2.05, 4.69) is 31.1 Å². The molecule has 0 aromatic carbocycles. The van der Waals surface area contributed by atoms with E-state index in [-0.39, 0.29) is 0 Å². The highest BCUT2D eigenvalue weighted by Gasteiger charge is 2.33. The predicted octanol–water partition coefficient (Wildman–Crippen LogP) is 1.96.